The summed E-state index contributed by atoms with van der Waals surface area (Å²) in [5.41, 5.74) is 2.93. The number of anilines is 1. The summed E-state index contributed by atoms with van der Waals surface area (Å²) >= 11 is 12.1. The SMILES string of the molecule is O=C(Nc1ccc(-c2nc3cc(Cl)nc(Cl)c3[nH]2)cc1)C12CC3CC(CC(C3)C1)C2. The van der Waals surface area contributed by atoms with Crippen molar-refractivity contribution in [1.29, 1.82) is 0 Å². The maximum absolute atomic E-state index is 13.2. The second kappa shape index (κ2) is 6.69. The molecule has 2 aromatic heterocycles. The molecule has 154 valence electrons. The van der Waals surface area contributed by atoms with Crippen LogP contribution in [0.4, 0.5) is 5.69 Å². The molecule has 0 radical (unpaired) electrons. The molecule has 5 nitrogen and oxygen atoms in total. The number of rotatable bonds is 3. The molecule has 0 atom stereocenters. The third kappa shape index (κ3) is 3.02. The van der Waals surface area contributed by atoms with Crippen molar-refractivity contribution < 1.29 is 4.79 Å². The van der Waals surface area contributed by atoms with Crippen LogP contribution in [0, 0.1) is 23.2 Å². The highest BCUT2D eigenvalue weighted by atomic mass is 35.5. The minimum Gasteiger partial charge on any atom is -0.335 e. The predicted molar refractivity (Wildman–Crippen MR) is 119 cm³/mol. The molecule has 2 heterocycles. The number of carbonyl (C=O) groups excluding carboxylic acids is 1. The van der Waals surface area contributed by atoms with Crippen molar-refractivity contribution in [1.82, 2.24) is 15.0 Å². The Bertz CT molecular complexity index is 1120. The number of aromatic amines is 1. The van der Waals surface area contributed by atoms with Crippen molar-refractivity contribution in [3.05, 3.63) is 40.6 Å². The molecular formula is C23H22Cl2N4O. The van der Waals surface area contributed by atoms with Gasteiger partial charge in [-0.15, -0.1) is 0 Å². The first-order chi connectivity index (χ1) is 14.5. The highest BCUT2D eigenvalue weighted by molar-refractivity contribution is 6.36. The zero-order valence-corrected chi connectivity index (χ0v) is 17.9. The Hall–Kier alpha value is -2.11. The van der Waals surface area contributed by atoms with E-state index in [2.05, 4.69) is 20.3 Å². The van der Waals surface area contributed by atoms with Crippen molar-refractivity contribution in [3.8, 4) is 11.4 Å². The standard InChI is InChI=1S/C23H22Cl2N4O/c24-18-8-17-19(20(25)28-18)29-21(27-17)15-1-3-16(4-2-15)26-22(30)23-9-12-5-13(10-23)7-14(6-12)11-23/h1-4,8,12-14H,5-7,9-11H2,(H,26,30)(H,27,29). The summed E-state index contributed by atoms with van der Waals surface area (Å²) in [6.07, 6.45) is 7.22. The summed E-state index contributed by atoms with van der Waals surface area (Å²) in [6, 6.07) is 9.47. The summed E-state index contributed by atoms with van der Waals surface area (Å²) in [5.74, 6) is 3.17. The normalized spacial score (nSPS) is 29.5. The largest absolute Gasteiger partial charge is 0.335 e. The molecule has 0 unspecified atom stereocenters. The number of nitrogens with one attached hydrogen (secondary N) is 2. The predicted octanol–water partition coefficient (Wildman–Crippen LogP) is 6.09. The van der Waals surface area contributed by atoms with Crippen LogP contribution in [0.1, 0.15) is 38.5 Å². The summed E-state index contributed by atoms with van der Waals surface area (Å²) in [5, 5.41) is 3.82. The van der Waals surface area contributed by atoms with Crippen LogP contribution in [0.25, 0.3) is 22.4 Å². The van der Waals surface area contributed by atoms with E-state index in [1.54, 1.807) is 6.07 Å². The van der Waals surface area contributed by atoms with Crippen LogP contribution in [0.2, 0.25) is 10.3 Å². The highest BCUT2D eigenvalue weighted by Crippen LogP contribution is 2.60. The number of aromatic nitrogens is 3. The zero-order valence-electron chi connectivity index (χ0n) is 16.4. The van der Waals surface area contributed by atoms with Crippen LogP contribution in [0.3, 0.4) is 0 Å². The average Bonchev–Trinajstić information content (AvgIpc) is 3.12. The number of pyridine rings is 1. The lowest BCUT2D eigenvalue weighted by molar-refractivity contribution is -0.140. The van der Waals surface area contributed by atoms with E-state index in [9.17, 15) is 4.79 Å². The molecule has 7 rings (SSSR count). The Balaban J connectivity index is 1.22. The Kier molecular flexibility index (Phi) is 4.16. The summed E-state index contributed by atoms with van der Waals surface area (Å²) in [6.45, 7) is 0. The Morgan fingerprint density at radius 2 is 1.63 bits per heavy atom. The minimum absolute atomic E-state index is 0.144. The van der Waals surface area contributed by atoms with Crippen LogP contribution < -0.4 is 5.32 Å². The lowest BCUT2D eigenvalue weighted by atomic mass is 9.49. The second-order valence-electron chi connectivity index (χ2n) is 9.44. The summed E-state index contributed by atoms with van der Waals surface area (Å²) < 4.78 is 0. The van der Waals surface area contributed by atoms with Gasteiger partial charge >= 0.3 is 0 Å². The van der Waals surface area contributed by atoms with Gasteiger partial charge in [-0.3, -0.25) is 4.79 Å². The summed E-state index contributed by atoms with van der Waals surface area (Å²) in [4.78, 5) is 25.1. The van der Waals surface area contributed by atoms with E-state index >= 15 is 0 Å². The second-order valence-corrected chi connectivity index (χ2v) is 10.2. The van der Waals surface area contributed by atoms with Crippen LogP contribution >= 0.6 is 23.2 Å². The molecule has 4 fully saturated rings. The molecule has 1 aromatic carbocycles. The molecule has 0 spiro atoms. The third-order valence-electron chi connectivity index (χ3n) is 7.33. The van der Waals surface area contributed by atoms with E-state index in [1.807, 2.05) is 24.3 Å². The van der Waals surface area contributed by atoms with Gasteiger partial charge in [0.2, 0.25) is 5.91 Å². The fraction of sp³-hybridized carbons (Fsp3) is 0.435. The Morgan fingerprint density at radius 3 is 2.27 bits per heavy atom. The van der Waals surface area contributed by atoms with Crippen molar-refractivity contribution in [2.75, 3.05) is 5.32 Å². The van der Waals surface area contributed by atoms with E-state index in [0.717, 1.165) is 48.3 Å². The van der Waals surface area contributed by atoms with Gasteiger partial charge in [0.15, 0.2) is 5.15 Å². The highest BCUT2D eigenvalue weighted by Gasteiger charge is 2.54. The summed E-state index contributed by atoms with van der Waals surface area (Å²) in [7, 11) is 0. The molecule has 30 heavy (non-hydrogen) atoms. The van der Waals surface area contributed by atoms with Crippen molar-refractivity contribution >= 4 is 45.8 Å². The van der Waals surface area contributed by atoms with Crippen LogP contribution in [0.15, 0.2) is 30.3 Å². The lowest BCUT2D eigenvalue weighted by Crippen LogP contribution is -2.51. The number of amides is 1. The molecular weight excluding hydrogens is 419 g/mol. The molecule has 4 bridgehead atoms. The van der Waals surface area contributed by atoms with Crippen molar-refractivity contribution in [2.45, 2.75) is 38.5 Å². The number of hydrogen-bond donors (Lipinski definition) is 2. The van der Waals surface area contributed by atoms with Crippen LogP contribution in [0.5, 0.6) is 0 Å². The number of imidazole rings is 1. The fourth-order valence-electron chi connectivity index (χ4n) is 6.44. The first-order valence-corrected chi connectivity index (χ1v) is 11.4. The molecule has 4 aliphatic carbocycles. The maximum atomic E-state index is 13.2. The van der Waals surface area contributed by atoms with Crippen molar-refractivity contribution in [3.63, 3.8) is 0 Å². The maximum Gasteiger partial charge on any atom is 0.230 e. The lowest BCUT2D eigenvalue weighted by Gasteiger charge is -2.55. The van der Waals surface area contributed by atoms with Gasteiger partial charge in [0.1, 0.15) is 16.5 Å². The van der Waals surface area contributed by atoms with Gasteiger partial charge in [-0.05, 0) is 80.5 Å². The number of hydrogen-bond acceptors (Lipinski definition) is 3. The van der Waals surface area contributed by atoms with E-state index < -0.39 is 0 Å². The van der Waals surface area contributed by atoms with E-state index in [1.165, 1.54) is 19.3 Å². The van der Waals surface area contributed by atoms with E-state index in [0.29, 0.717) is 27.2 Å². The first-order valence-electron chi connectivity index (χ1n) is 10.6. The number of H-pyrrole nitrogens is 1. The molecule has 4 aliphatic rings. The Morgan fingerprint density at radius 1 is 1.00 bits per heavy atom. The zero-order chi connectivity index (χ0) is 20.5. The third-order valence-corrected chi connectivity index (χ3v) is 7.80. The fourth-order valence-corrected chi connectivity index (χ4v) is 6.91. The van der Waals surface area contributed by atoms with Gasteiger partial charge in [-0.1, -0.05) is 23.2 Å². The molecule has 4 saturated carbocycles. The van der Waals surface area contributed by atoms with Gasteiger partial charge in [0.05, 0.1) is 10.9 Å². The smallest absolute Gasteiger partial charge is 0.230 e. The molecule has 7 heteroatoms. The van der Waals surface area contributed by atoms with Gasteiger partial charge in [-0.2, -0.15) is 0 Å². The van der Waals surface area contributed by atoms with Gasteiger partial charge in [-0.25, -0.2) is 9.97 Å². The van der Waals surface area contributed by atoms with E-state index in [-0.39, 0.29) is 11.3 Å². The molecule has 0 aliphatic heterocycles. The number of halogens is 2. The Labute approximate surface area is 184 Å². The van der Waals surface area contributed by atoms with Gasteiger partial charge in [0.25, 0.3) is 0 Å². The van der Waals surface area contributed by atoms with E-state index in [4.69, 9.17) is 23.2 Å². The topological polar surface area (TPSA) is 70.7 Å². The molecule has 3 aromatic rings. The van der Waals surface area contributed by atoms with Crippen LogP contribution in [-0.2, 0) is 4.79 Å². The monoisotopic (exact) mass is 440 g/mol. The number of nitrogens with zero attached hydrogens (tertiary/aromatic N) is 2. The first kappa shape index (κ1) is 18.6. The number of carbonyl (C=O) groups is 1. The molecule has 0 saturated heterocycles. The number of fused-ring (bicyclic) bond motifs is 1. The van der Waals surface area contributed by atoms with Gasteiger partial charge in [0, 0.05) is 17.3 Å². The molecule has 2 N–H and O–H groups in total. The number of benzene rings is 1. The van der Waals surface area contributed by atoms with Crippen molar-refractivity contribution in [2.24, 2.45) is 23.2 Å². The minimum atomic E-state index is -0.144. The average molecular weight is 441 g/mol. The van der Waals surface area contributed by atoms with Crippen LogP contribution in [-0.4, -0.2) is 20.9 Å². The van der Waals surface area contributed by atoms with Gasteiger partial charge < -0.3 is 10.3 Å². The molecule has 1 amide bonds. The quantitative estimate of drug-likeness (QED) is 0.484.